The van der Waals surface area contributed by atoms with Crippen molar-refractivity contribution in [3.05, 3.63) is 30.0 Å². The zero-order valence-corrected chi connectivity index (χ0v) is 20.0. The lowest BCUT2D eigenvalue weighted by Crippen LogP contribution is -2.29. The van der Waals surface area contributed by atoms with Crippen LogP contribution >= 0.6 is 0 Å². The Kier molecular flexibility index (Phi) is 11.2. The van der Waals surface area contributed by atoms with E-state index in [1.165, 1.54) is 27.7 Å². The van der Waals surface area contributed by atoms with Gasteiger partial charge in [-0.3, -0.25) is 33.9 Å². The quantitative estimate of drug-likeness (QED) is 0.0525. The second-order valence-corrected chi connectivity index (χ2v) is 7.80. The highest BCUT2D eigenvalue weighted by molar-refractivity contribution is 7.79. The molecule has 18 nitrogen and oxygen atoms in total. The highest BCUT2D eigenvalue weighted by atomic mass is 32.3. The lowest BCUT2D eigenvalue weighted by molar-refractivity contribution is -0.114. The van der Waals surface area contributed by atoms with Crippen LogP contribution < -0.4 is 33.0 Å². The molecule has 11 N–H and O–H groups in total. The van der Waals surface area contributed by atoms with E-state index >= 15 is 0 Å². The van der Waals surface area contributed by atoms with Gasteiger partial charge in [-0.25, -0.2) is 10.8 Å². The zero-order valence-electron chi connectivity index (χ0n) is 19.2. The van der Waals surface area contributed by atoms with E-state index in [1.54, 1.807) is 20.3 Å². The largest absolute Gasteiger partial charge is 0.394 e. The summed E-state index contributed by atoms with van der Waals surface area (Å²) in [6.45, 7) is 0.0699. The number of imidazole rings is 1. The van der Waals surface area contributed by atoms with Crippen LogP contribution in [0, 0.1) is 5.41 Å². The van der Waals surface area contributed by atoms with Gasteiger partial charge in [0.05, 0.1) is 17.9 Å². The van der Waals surface area contributed by atoms with Crippen molar-refractivity contribution in [2.24, 2.45) is 30.7 Å². The van der Waals surface area contributed by atoms with Crippen molar-refractivity contribution in [1.29, 1.82) is 5.41 Å². The monoisotopic (exact) mass is 529 g/mol. The van der Waals surface area contributed by atoms with Crippen molar-refractivity contribution in [2.45, 2.75) is 6.42 Å². The number of aliphatic imine (C=N–C) groups is 1. The Hall–Kier alpha value is -4.33. The Bertz CT molecular complexity index is 1230. The number of hydrazine groups is 1. The molecule has 3 amide bonds. The summed E-state index contributed by atoms with van der Waals surface area (Å²) >= 11 is 0. The summed E-state index contributed by atoms with van der Waals surface area (Å²) in [5.74, 6) is 3.95. The summed E-state index contributed by atoms with van der Waals surface area (Å²) < 4.78 is 34.6. The summed E-state index contributed by atoms with van der Waals surface area (Å²) in [5, 5.41) is 15.0. The van der Waals surface area contributed by atoms with Crippen LogP contribution in [0.5, 0.6) is 0 Å². The average Bonchev–Trinajstić information content (AvgIpc) is 3.28. The lowest BCUT2D eigenvalue weighted by Gasteiger charge is -2.03. The molecule has 0 saturated carbocycles. The Labute approximate surface area is 205 Å². The van der Waals surface area contributed by atoms with Gasteiger partial charge in [-0.1, -0.05) is 0 Å². The van der Waals surface area contributed by atoms with Crippen molar-refractivity contribution in [3.63, 3.8) is 0 Å². The van der Waals surface area contributed by atoms with Gasteiger partial charge in [-0.15, -0.1) is 0 Å². The number of nitrogens with one attached hydrogen (secondary N) is 5. The van der Waals surface area contributed by atoms with Crippen LogP contribution in [0.4, 0.5) is 11.5 Å². The molecule has 0 aromatic carbocycles. The molecule has 198 valence electrons. The smallest absolute Gasteiger partial charge is 0.388 e. The first-order valence-corrected chi connectivity index (χ1v) is 11.2. The normalized spacial score (nSPS) is 10.8. The predicted octanol–water partition coefficient (Wildman–Crippen LogP) is -2.16. The molecule has 2 aromatic heterocycles. The van der Waals surface area contributed by atoms with Gasteiger partial charge in [0, 0.05) is 39.5 Å². The van der Waals surface area contributed by atoms with Gasteiger partial charge in [-0.05, 0) is 6.07 Å². The predicted molar refractivity (Wildman–Crippen MR) is 129 cm³/mol. The number of hydrogen-bond acceptors (Lipinski definition) is 9. The lowest BCUT2D eigenvalue weighted by atomic mass is 10.3. The van der Waals surface area contributed by atoms with E-state index in [2.05, 4.69) is 31.4 Å². The number of anilines is 2. The van der Waals surface area contributed by atoms with Gasteiger partial charge >= 0.3 is 10.4 Å². The molecule has 0 fully saturated rings. The highest BCUT2D eigenvalue weighted by Gasteiger charge is 2.18. The number of amidine groups is 1. The summed E-state index contributed by atoms with van der Waals surface area (Å²) in [4.78, 5) is 44.5. The molecule has 2 aromatic rings. The zero-order chi connectivity index (χ0) is 27.5. The second-order valence-electron chi connectivity index (χ2n) is 6.90. The number of carbonyl (C=O) groups excluding carboxylic acids is 3. The second kappa shape index (κ2) is 13.5. The van der Waals surface area contributed by atoms with Crippen LogP contribution in [-0.4, -0.2) is 74.6 Å². The number of nitrogens with two attached hydrogens (primary N) is 2. The molecule has 0 bridgehead atoms. The number of rotatable bonds is 10. The maximum Gasteiger partial charge on any atom is 0.394 e. The van der Waals surface area contributed by atoms with Crippen molar-refractivity contribution < 1.29 is 31.9 Å². The molecule has 2 rings (SSSR count). The standard InChI is InChI=1S/C17H25N11O3.H2O4S/c1-27-7-10(24-14(29)6-21-9-23-20)5-11(27)16(30)26-13-8-28(2)15(25-13)17(31)22-4-3-12(18)19;1-5(2,3)4/h5,7-9H,3-4,6,20H2,1-2H3,(H3,18,19)(H,21,23)(H,22,31)(H,24,29)(H,26,30);(H2,1,2,3,4). The number of aryl methyl sites for hydroxylation is 2. The number of hydrogen-bond donors (Lipinski definition) is 9. The van der Waals surface area contributed by atoms with Crippen LogP contribution in [0.25, 0.3) is 0 Å². The third-order valence-electron chi connectivity index (χ3n) is 3.92. The van der Waals surface area contributed by atoms with Crippen LogP contribution in [0.3, 0.4) is 0 Å². The fourth-order valence-corrected chi connectivity index (χ4v) is 2.55. The summed E-state index contributed by atoms with van der Waals surface area (Å²) in [6, 6.07) is 1.50. The molecular formula is C17H27N11O7S. The molecule has 0 atom stereocenters. The maximum atomic E-state index is 12.6. The first-order chi connectivity index (χ1) is 16.7. The number of nitrogens with zero attached hydrogens (tertiary/aromatic N) is 4. The molecule has 19 heteroatoms. The first-order valence-electron chi connectivity index (χ1n) is 9.77. The van der Waals surface area contributed by atoms with Crippen molar-refractivity contribution in [1.82, 2.24) is 24.9 Å². The number of amides is 3. The molecular weight excluding hydrogens is 502 g/mol. The van der Waals surface area contributed by atoms with Crippen LogP contribution in [0.15, 0.2) is 23.5 Å². The summed E-state index contributed by atoms with van der Waals surface area (Å²) in [7, 11) is -1.41. The minimum atomic E-state index is -4.67. The van der Waals surface area contributed by atoms with E-state index in [4.69, 9.17) is 34.5 Å². The van der Waals surface area contributed by atoms with E-state index in [0.717, 1.165) is 0 Å². The van der Waals surface area contributed by atoms with E-state index < -0.39 is 22.2 Å². The number of aromatic nitrogens is 3. The molecule has 0 aliphatic carbocycles. The summed E-state index contributed by atoms with van der Waals surface area (Å²) in [5.41, 5.74) is 8.13. The van der Waals surface area contributed by atoms with Crippen LogP contribution in [0.2, 0.25) is 0 Å². The third-order valence-corrected chi connectivity index (χ3v) is 3.92. The van der Waals surface area contributed by atoms with E-state index in [0.29, 0.717) is 5.69 Å². The van der Waals surface area contributed by atoms with E-state index in [9.17, 15) is 14.4 Å². The Morgan fingerprint density at radius 3 is 2.39 bits per heavy atom. The van der Waals surface area contributed by atoms with Gasteiger partial charge in [0.15, 0.2) is 5.82 Å². The molecule has 0 aliphatic heterocycles. The highest BCUT2D eigenvalue weighted by Crippen LogP contribution is 2.15. The van der Waals surface area contributed by atoms with Crippen molar-refractivity contribution >= 4 is 51.8 Å². The molecule has 0 aliphatic rings. The van der Waals surface area contributed by atoms with Gasteiger partial charge < -0.3 is 36.2 Å². The Morgan fingerprint density at radius 2 is 1.81 bits per heavy atom. The SMILES string of the molecule is Cn1cc(NC(=O)CN=CNN)cc1C(=O)Nc1cn(C)c(C(=O)NCCC(=N)N)n1.O=S(=O)(O)O. The third kappa shape index (κ3) is 11.2. The van der Waals surface area contributed by atoms with Crippen LogP contribution in [0.1, 0.15) is 27.5 Å². The van der Waals surface area contributed by atoms with Crippen LogP contribution in [-0.2, 0) is 29.3 Å². The number of carbonyl (C=O) groups is 3. The van der Waals surface area contributed by atoms with Gasteiger partial charge in [0.25, 0.3) is 11.8 Å². The summed E-state index contributed by atoms with van der Waals surface area (Å²) in [6.07, 6.45) is 4.48. The average molecular weight is 530 g/mol. The molecule has 0 saturated heterocycles. The molecule has 0 spiro atoms. The first kappa shape index (κ1) is 29.7. The van der Waals surface area contributed by atoms with Gasteiger partial charge in [0.1, 0.15) is 12.2 Å². The van der Waals surface area contributed by atoms with Gasteiger partial charge in [-0.2, -0.15) is 8.42 Å². The maximum absolute atomic E-state index is 12.6. The van der Waals surface area contributed by atoms with Crippen molar-refractivity contribution in [3.8, 4) is 0 Å². The molecule has 0 radical (unpaired) electrons. The minimum absolute atomic E-state index is 0.0356. The fourth-order valence-electron chi connectivity index (χ4n) is 2.55. The van der Waals surface area contributed by atoms with E-state index in [1.807, 2.05) is 0 Å². The Morgan fingerprint density at radius 1 is 1.17 bits per heavy atom. The Balaban J connectivity index is 0.00000118. The molecule has 36 heavy (non-hydrogen) atoms. The minimum Gasteiger partial charge on any atom is -0.388 e. The van der Waals surface area contributed by atoms with Gasteiger partial charge in [0.2, 0.25) is 11.7 Å². The molecule has 0 unspecified atom stereocenters. The van der Waals surface area contributed by atoms with E-state index in [-0.39, 0.29) is 48.6 Å². The molecule has 2 heterocycles. The topological polar surface area (TPSA) is 285 Å². The fraction of sp³-hybridized carbons (Fsp3) is 0.294. The van der Waals surface area contributed by atoms with Crippen molar-refractivity contribution in [2.75, 3.05) is 23.7 Å².